The van der Waals surface area contributed by atoms with Gasteiger partial charge in [-0.05, 0) is 24.3 Å². The molecule has 0 radical (unpaired) electrons. The summed E-state index contributed by atoms with van der Waals surface area (Å²) in [6, 6.07) is 17.2. The van der Waals surface area contributed by atoms with E-state index in [4.69, 9.17) is 0 Å². The maximum absolute atomic E-state index is 13.2. The zero-order valence-electron chi connectivity index (χ0n) is 13.4. The fourth-order valence-corrected chi connectivity index (χ4v) is 3.79. The average molecular weight is 393 g/mol. The Morgan fingerprint density at radius 3 is 2.60 bits per heavy atom. The van der Waals surface area contributed by atoms with Crippen LogP contribution in [0.5, 0.6) is 0 Å². The van der Waals surface area contributed by atoms with Gasteiger partial charge in [-0.1, -0.05) is 40.2 Å². The highest BCUT2D eigenvalue weighted by molar-refractivity contribution is 9.10. The van der Waals surface area contributed by atoms with E-state index in [1.165, 1.54) is 4.68 Å². The summed E-state index contributed by atoms with van der Waals surface area (Å²) in [4.78, 5) is 13.2. The molecule has 122 valence electrons. The van der Waals surface area contributed by atoms with Crippen LogP contribution >= 0.6 is 15.9 Å². The summed E-state index contributed by atoms with van der Waals surface area (Å²) < 4.78 is 4.13. The van der Waals surface area contributed by atoms with E-state index in [1.54, 1.807) is 0 Å². The van der Waals surface area contributed by atoms with Crippen LogP contribution < -0.4 is 5.56 Å². The summed E-state index contributed by atoms with van der Waals surface area (Å²) in [6.45, 7) is 0. The Kier molecular flexibility index (Phi) is 3.66. The van der Waals surface area contributed by atoms with Gasteiger partial charge in [-0.15, -0.1) is 0 Å². The van der Waals surface area contributed by atoms with E-state index in [1.807, 2.05) is 60.1 Å². The van der Waals surface area contributed by atoms with Gasteiger partial charge in [-0.2, -0.15) is 15.0 Å². The Balaban J connectivity index is 2.25. The Morgan fingerprint density at radius 1 is 1.12 bits per heavy atom. The largest absolute Gasteiger partial charge is 0.339 e. The molecule has 5 nitrogen and oxygen atoms in total. The number of benzene rings is 2. The Labute approximate surface area is 151 Å². The Morgan fingerprint density at radius 2 is 1.88 bits per heavy atom. The molecule has 0 aliphatic heterocycles. The SMILES string of the molecule is Cn1c2cccc(Br)c2c2c(CC#N)nn(-c3ccccc3)c(=O)c21. The van der Waals surface area contributed by atoms with Crippen LogP contribution in [0.15, 0.2) is 57.8 Å². The highest BCUT2D eigenvalue weighted by Crippen LogP contribution is 2.34. The van der Waals surface area contributed by atoms with Crippen molar-refractivity contribution in [1.29, 1.82) is 5.26 Å². The molecular weight excluding hydrogens is 380 g/mol. The van der Waals surface area contributed by atoms with Crippen molar-refractivity contribution >= 4 is 37.7 Å². The van der Waals surface area contributed by atoms with Crippen LogP contribution in [0.4, 0.5) is 0 Å². The van der Waals surface area contributed by atoms with Gasteiger partial charge in [0.05, 0.1) is 29.4 Å². The number of halogens is 1. The van der Waals surface area contributed by atoms with Crippen LogP contribution in [-0.4, -0.2) is 14.3 Å². The van der Waals surface area contributed by atoms with Gasteiger partial charge in [0.15, 0.2) is 0 Å². The molecule has 0 N–H and O–H groups in total. The first-order valence-electron chi connectivity index (χ1n) is 7.74. The Bertz CT molecular complexity index is 1220. The van der Waals surface area contributed by atoms with E-state index in [-0.39, 0.29) is 12.0 Å². The molecule has 0 spiro atoms. The van der Waals surface area contributed by atoms with Gasteiger partial charge in [-0.25, -0.2) is 0 Å². The summed E-state index contributed by atoms with van der Waals surface area (Å²) in [5.74, 6) is 0. The number of nitriles is 1. The van der Waals surface area contributed by atoms with Crippen molar-refractivity contribution in [3.05, 3.63) is 69.1 Å². The Hall–Kier alpha value is -2.91. The normalized spacial score (nSPS) is 11.1. The lowest BCUT2D eigenvalue weighted by Crippen LogP contribution is -2.24. The molecule has 0 unspecified atom stereocenters. The van der Waals surface area contributed by atoms with Crippen LogP contribution in [0.2, 0.25) is 0 Å². The van der Waals surface area contributed by atoms with E-state index in [0.717, 1.165) is 20.8 Å². The predicted molar refractivity (Wildman–Crippen MR) is 101 cm³/mol. The molecule has 0 aliphatic carbocycles. The van der Waals surface area contributed by atoms with Crippen LogP contribution in [0.3, 0.4) is 0 Å². The number of hydrogen-bond acceptors (Lipinski definition) is 3. The first-order valence-corrected chi connectivity index (χ1v) is 8.54. The number of para-hydroxylation sites is 1. The first-order chi connectivity index (χ1) is 12.1. The highest BCUT2D eigenvalue weighted by atomic mass is 79.9. The minimum Gasteiger partial charge on any atom is -0.339 e. The van der Waals surface area contributed by atoms with E-state index in [0.29, 0.717) is 16.9 Å². The van der Waals surface area contributed by atoms with Crippen molar-refractivity contribution in [1.82, 2.24) is 14.3 Å². The van der Waals surface area contributed by atoms with Gasteiger partial charge in [0.1, 0.15) is 5.52 Å². The van der Waals surface area contributed by atoms with Gasteiger partial charge in [0, 0.05) is 22.3 Å². The number of aryl methyl sites for hydroxylation is 1. The van der Waals surface area contributed by atoms with Crippen molar-refractivity contribution in [2.24, 2.45) is 7.05 Å². The molecular formula is C19H13BrN4O. The fourth-order valence-electron chi connectivity index (χ4n) is 3.24. The van der Waals surface area contributed by atoms with Crippen LogP contribution in [0.1, 0.15) is 5.69 Å². The predicted octanol–water partition coefficient (Wildman–Crippen LogP) is 3.71. The quantitative estimate of drug-likeness (QED) is 0.522. The maximum Gasteiger partial charge on any atom is 0.296 e. The molecule has 25 heavy (non-hydrogen) atoms. The third-order valence-electron chi connectivity index (χ3n) is 4.33. The number of hydrogen-bond donors (Lipinski definition) is 0. The summed E-state index contributed by atoms with van der Waals surface area (Å²) in [7, 11) is 1.87. The minimum atomic E-state index is -0.200. The van der Waals surface area contributed by atoms with Gasteiger partial charge in [0.2, 0.25) is 0 Å². The minimum absolute atomic E-state index is 0.129. The van der Waals surface area contributed by atoms with Crippen LogP contribution in [0.25, 0.3) is 27.5 Å². The van der Waals surface area contributed by atoms with Crippen LogP contribution in [-0.2, 0) is 13.5 Å². The molecule has 4 rings (SSSR count). The standard InChI is InChI=1S/C19H13BrN4O/c1-23-15-9-5-8-13(20)16(15)17-14(10-11-21)22-24(19(25)18(17)23)12-6-3-2-4-7-12/h2-9H,10H2,1H3. The monoisotopic (exact) mass is 392 g/mol. The van der Waals surface area contributed by atoms with Crippen molar-refractivity contribution in [2.45, 2.75) is 6.42 Å². The van der Waals surface area contributed by atoms with E-state index >= 15 is 0 Å². The second-order valence-corrected chi connectivity index (χ2v) is 6.61. The first kappa shape index (κ1) is 15.6. The van der Waals surface area contributed by atoms with Crippen molar-refractivity contribution in [3.63, 3.8) is 0 Å². The molecule has 2 aromatic heterocycles. The second-order valence-electron chi connectivity index (χ2n) is 5.75. The van der Waals surface area contributed by atoms with Gasteiger partial charge in [0.25, 0.3) is 5.56 Å². The van der Waals surface area contributed by atoms with E-state index < -0.39 is 0 Å². The van der Waals surface area contributed by atoms with Gasteiger partial charge < -0.3 is 4.57 Å². The molecule has 2 aromatic carbocycles. The lowest BCUT2D eigenvalue weighted by atomic mass is 10.1. The molecule has 4 aromatic rings. The molecule has 0 aliphatic rings. The zero-order chi connectivity index (χ0) is 17.6. The van der Waals surface area contributed by atoms with Gasteiger partial charge in [-0.3, -0.25) is 4.79 Å². The van der Waals surface area contributed by atoms with Crippen molar-refractivity contribution in [3.8, 4) is 11.8 Å². The molecule has 0 saturated carbocycles. The molecule has 0 fully saturated rings. The summed E-state index contributed by atoms with van der Waals surface area (Å²) >= 11 is 3.57. The zero-order valence-corrected chi connectivity index (χ0v) is 15.0. The third-order valence-corrected chi connectivity index (χ3v) is 4.99. The number of nitrogens with zero attached hydrogens (tertiary/aromatic N) is 4. The molecule has 0 bridgehead atoms. The summed E-state index contributed by atoms with van der Waals surface area (Å²) in [5.41, 5.74) is 2.55. The number of fused-ring (bicyclic) bond motifs is 3. The van der Waals surface area contributed by atoms with Crippen molar-refractivity contribution < 1.29 is 0 Å². The third kappa shape index (κ3) is 2.28. The molecule has 6 heteroatoms. The molecule has 0 amide bonds. The summed E-state index contributed by atoms with van der Waals surface area (Å²) in [5, 5.41) is 15.4. The number of rotatable bonds is 2. The lowest BCUT2D eigenvalue weighted by Gasteiger charge is -2.08. The smallest absolute Gasteiger partial charge is 0.296 e. The maximum atomic E-state index is 13.2. The number of aromatic nitrogens is 3. The molecule has 2 heterocycles. The topological polar surface area (TPSA) is 63.6 Å². The molecule has 0 atom stereocenters. The summed E-state index contributed by atoms with van der Waals surface area (Å²) in [6.07, 6.45) is 0.129. The van der Waals surface area contributed by atoms with E-state index in [2.05, 4.69) is 27.1 Å². The highest BCUT2D eigenvalue weighted by Gasteiger charge is 2.20. The van der Waals surface area contributed by atoms with Crippen LogP contribution in [0, 0.1) is 11.3 Å². The fraction of sp³-hybridized carbons (Fsp3) is 0.105. The average Bonchev–Trinajstić information content (AvgIpc) is 2.93. The van der Waals surface area contributed by atoms with Crippen molar-refractivity contribution in [2.75, 3.05) is 0 Å². The van der Waals surface area contributed by atoms with E-state index in [9.17, 15) is 10.1 Å². The van der Waals surface area contributed by atoms with Gasteiger partial charge >= 0.3 is 0 Å². The lowest BCUT2D eigenvalue weighted by molar-refractivity contribution is 0.784. The molecule has 0 saturated heterocycles. The second kappa shape index (κ2) is 5.87.